The van der Waals surface area contributed by atoms with E-state index in [1.54, 1.807) is 0 Å². The van der Waals surface area contributed by atoms with Gasteiger partial charge in [-0.05, 0) is 94.1 Å². The van der Waals surface area contributed by atoms with E-state index in [0.717, 1.165) is 83.5 Å². The lowest BCUT2D eigenvalue weighted by atomic mass is 9.61. The molecule has 1 saturated carbocycles. The molecule has 11 heteroatoms. The summed E-state index contributed by atoms with van der Waals surface area (Å²) in [7, 11) is 2.05. The molecule has 3 aliphatic rings. The summed E-state index contributed by atoms with van der Waals surface area (Å²) in [5.41, 5.74) is 15.9. The summed E-state index contributed by atoms with van der Waals surface area (Å²) in [6.45, 7) is 6.80. The van der Waals surface area contributed by atoms with E-state index < -0.39 is 17.2 Å². The van der Waals surface area contributed by atoms with Crippen molar-refractivity contribution in [2.75, 3.05) is 45.8 Å². The smallest absolute Gasteiger partial charge is 0.248 e. The number of unbranched alkanes of at least 4 members (excludes halogenated alkanes) is 1. The van der Waals surface area contributed by atoms with Gasteiger partial charge in [0.2, 0.25) is 11.8 Å². The minimum Gasteiger partial charge on any atom is -0.369 e. The van der Waals surface area contributed by atoms with Crippen LogP contribution >= 0.6 is 0 Å². The van der Waals surface area contributed by atoms with Crippen LogP contribution in [0.1, 0.15) is 92.3 Å². The third-order valence-corrected chi connectivity index (χ3v) is 11.9. The molecule has 1 amide bonds. The summed E-state index contributed by atoms with van der Waals surface area (Å²) in [6, 6.07) is 14.8. The highest BCUT2D eigenvalue weighted by Gasteiger charge is 2.51. The first kappa shape index (κ1) is 36.5. The predicted molar refractivity (Wildman–Crippen MR) is 192 cm³/mol. The number of benzene rings is 1. The topological polar surface area (TPSA) is 110 Å². The zero-order chi connectivity index (χ0) is 35.1. The number of nitrogens with two attached hydrogens (primary N) is 2. The van der Waals surface area contributed by atoms with Crippen molar-refractivity contribution in [3.8, 4) is 0 Å². The number of nitrogens with zero attached hydrogens (tertiary/aromatic N) is 6. The van der Waals surface area contributed by atoms with Gasteiger partial charge < -0.3 is 20.9 Å². The standard InChI is InChI=1S/C39H56F2N8O/c1-46-29-44-25-32(46)27-48-24-23-47(22-14-34(30-9-3-2-4-10-30)38(37(43)50)15-17-39(40,41)18-16-38)26-33(48)28-49(21-6-5-19-42)35-13-7-11-31-12-8-20-45-36(31)35/h2-4,8-10,12,20,25,29,33-35H,5-7,11,13-19,21-24,26-28,42H2,1H3,(H2,43,50)/t33-,34+,35+/m1/s1. The molecule has 2 aromatic heterocycles. The van der Waals surface area contributed by atoms with E-state index in [2.05, 4.69) is 43.4 Å². The van der Waals surface area contributed by atoms with Crippen LogP contribution in [0.5, 0.6) is 0 Å². The first-order chi connectivity index (χ1) is 24.2. The summed E-state index contributed by atoms with van der Waals surface area (Å²) in [4.78, 5) is 30.3. The number of aryl methyl sites for hydroxylation is 2. The number of rotatable bonds is 15. The average molecular weight is 691 g/mol. The number of carbonyl (C=O) groups is 1. The summed E-state index contributed by atoms with van der Waals surface area (Å²) >= 11 is 0. The minimum atomic E-state index is -2.75. The van der Waals surface area contributed by atoms with E-state index in [1.807, 2.05) is 49.1 Å². The molecule has 6 rings (SSSR count). The van der Waals surface area contributed by atoms with Crippen LogP contribution < -0.4 is 11.5 Å². The van der Waals surface area contributed by atoms with Gasteiger partial charge in [-0.1, -0.05) is 36.4 Å². The normalized spacial score (nSPS) is 23.1. The Morgan fingerprint density at radius 1 is 1.08 bits per heavy atom. The molecule has 1 aromatic carbocycles. The van der Waals surface area contributed by atoms with Gasteiger partial charge in [-0.2, -0.15) is 0 Å². The number of halogens is 2. The van der Waals surface area contributed by atoms with Crippen LogP contribution in [0.15, 0.2) is 61.2 Å². The molecule has 0 radical (unpaired) electrons. The number of amides is 1. The van der Waals surface area contributed by atoms with E-state index in [0.29, 0.717) is 13.0 Å². The van der Waals surface area contributed by atoms with Crippen LogP contribution in [0.25, 0.3) is 0 Å². The van der Waals surface area contributed by atoms with Crippen LogP contribution in [0.3, 0.4) is 0 Å². The van der Waals surface area contributed by atoms with Gasteiger partial charge in [-0.15, -0.1) is 0 Å². The van der Waals surface area contributed by atoms with E-state index in [9.17, 15) is 13.6 Å². The third-order valence-electron chi connectivity index (χ3n) is 11.9. The van der Waals surface area contributed by atoms with Crippen LogP contribution in [0.4, 0.5) is 8.78 Å². The highest BCUT2D eigenvalue weighted by Crippen LogP contribution is 2.52. The Labute approximate surface area is 296 Å². The van der Waals surface area contributed by atoms with Crippen LogP contribution in [0.2, 0.25) is 0 Å². The Bertz CT molecular complexity index is 1520. The highest BCUT2D eigenvalue weighted by atomic mass is 19.3. The van der Waals surface area contributed by atoms with Gasteiger partial charge in [-0.3, -0.25) is 19.6 Å². The lowest BCUT2D eigenvalue weighted by molar-refractivity contribution is -0.138. The maximum atomic E-state index is 14.4. The van der Waals surface area contributed by atoms with Crippen molar-refractivity contribution in [3.05, 3.63) is 83.7 Å². The number of imidazole rings is 1. The molecule has 0 spiro atoms. The number of carbonyl (C=O) groups excluding carboxylic acids is 1. The Kier molecular flexibility index (Phi) is 12.0. The third kappa shape index (κ3) is 8.44. The number of aromatic nitrogens is 3. The molecule has 1 aliphatic heterocycles. The second-order valence-electron chi connectivity index (χ2n) is 15.0. The van der Waals surface area contributed by atoms with E-state index in [1.165, 1.54) is 17.0 Å². The summed E-state index contributed by atoms with van der Waals surface area (Å²) in [5, 5.41) is 0. The van der Waals surface area contributed by atoms with Crippen LogP contribution in [-0.2, 0) is 24.8 Å². The zero-order valence-corrected chi connectivity index (χ0v) is 29.7. The Morgan fingerprint density at radius 2 is 1.88 bits per heavy atom. The number of alkyl halides is 2. The van der Waals surface area contributed by atoms with Crippen molar-refractivity contribution in [2.45, 2.75) is 94.7 Å². The van der Waals surface area contributed by atoms with Crippen molar-refractivity contribution < 1.29 is 13.6 Å². The summed E-state index contributed by atoms with van der Waals surface area (Å²) in [6.07, 6.45) is 11.4. The maximum absolute atomic E-state index is 14.4. The predicted octanol–water partition coefficient (Wildman–Crippen LogP) is 5.27. The molecule has 3 heterocycles. The van der Waals surface area contributed by atoms with Crippen molar-refractivity contribution in [1.82, 2.24) is 29.2 Å². The number of pyridine rings is 1. The van der Waals surface area contributed by atoms with E-state index >= 15 is 0 Å². The first-order valence-electron chi connectivity index (χ1n) is 18.7. The van der Waals surface area contributed by atoms with Crippen molar-refractivity contribution in [1.29, 1.82) is 0 Å². The van der Waals surface area contributed by atoms with Gasteiger partial charge in [-0.25, -0.2) is 13.8 Å². The zero-order valence-electron chi connectivity index (χ0n) is 29.7. The molecule has 1 saturated heterocycles. The van der Waals surface area contributed by atoms with E-state index in [-0.39, 0.29) is 43.7 Å². The molecule has 9 nitrogen and oxygen atoms in total. The number of hydrogen-bond donors (Lipinski definition) is 2. The van der Waals surface area contributed by atoms with Gasteiger partial charge in [0.1, 0.15) is 0 Å². The molecule has 2 aliphatic carbocycles. The molecule has 0 bridgehead atoms. The largest absolute Gasteiger partial charge is 0.369 e. The summed E-state index contributed by atoms with van der Waals surface area (Å²) in [5.74, 6) is -3.42. The Morgan fingerprint density at radius 3 is 2.60 bits per heavy atom. The molecular formula is C39H56F2N8O. The van der Waals surface area contributed by atoms with E-state index in [4.69, 9.17) is 16.5 Å². The van der Waals surface area contributed by atoms with Crippen molar-refractivity contribution >= 4 is 5.91 Å². The number of piperazine rings is 1. The maximum Gasteiger partial charge on any atom is 0.248 e. The second-order valence-corrected chi connectivity index (χ2v) is 15.0. The molecule has 4 N–H and O–H groups in total. The fourth-order valence-electron chi connectivity index (χ4n) is 8.92. The molecule has 3 aromatic rings. The van der Waals surface area contributed by atoms with Crippen LogP contribution in [-0.4, -0.2) is 92.9 Å². The molecule has 50 heavy (non-hydrogen) atoms. The van der Waals surface area contributed by atoms with Crippen molar-refractivity contribution in [3.63, 3.8) is 0 Å². The molecular weight excluding hydrogens is 634 g/mol. The lowest BCUT2D eigenvalue weighted by Crippen LogP contribution is -2.57. The summed E-state index contributed by atoms with van der Waals surface area (Å²) < 4.78 is 31.0. The first-order valence-corrected chi connectivity index (χ1v) is 18.7. The minimum absolute atomic E-state index is 0.116. The quantitative estimate of drug-likeness (QED) is 0.209. The lowest BCUT2D eigenvalue weighted by Gasteiger charge is -2.47. The second kappa shape index (κ2) is 16.4. The fraction of sp³-hybridized carbons (Fsp3) is 0.615. The SMILES string of the molecule is Cn1cncc1CN1CCN(CC[C@@H](c2ccccc2)C2(C(N)=O)CCC(F)(F)CC2)C[C@@H]1CN(CCCCN)[C@H]1CCCc2cccnc21. The number of hydrogen-bond acceptors (Lipinski definition) is 7. The molecule has 272 valence electrons. The fourth-order valence-corrected chi connectivity index (χ4v) is 8.92. The highest BCUT2D eigenvalue weighted by molar-refractivity contribution is 5.82. The van der Waals surface area contributed by atoms with Gasteiger partial charge in [0.25, 0.3) is 0 Å². The number of fused-ring (bicyclic) bond motifs is 1. The monoisotopic (exact) mass is 690 g/mol. The van der Waals surface area contributed by atoms with Gasteiger partial charge in [0.15, 0.2) is 0 Å². The Hall–Kier alpha value is -3.25. The molecule has 2 fully saturated rings. The van der Waals surface area contributed by atoms with Gasteiger partial charge >= 0.3 is 0 Å². The van der Waals surface area contributed by atoms with Crippen LogP contribution in [0, 0.1) is 5.41 Å². The van der Waals surface area contributed by atoms with Gasteiger partial charge in [0, 0.05) is 71.0 Å². The van der Waals surface area contributed by atoms with Crippen molar-refractivity contribution in [2.24, 2.45) is 23.9 Å². The Balaban J connectivity index is 1.24. The molecule has 0 unspecified atom stereocenters. The molecule has 3 atom stereocenters. The average Bonchev–Trinajstić information content (AvgIpc) is 3.53. The number of primary amides is 1. The van der Waals surface area contributed by atoms with Gasteiger partial charge in [0.05, 0.1) is 29.2 Å².